The summed E-state index contributed by atoms with van der Waals surface area (Å²) in [6.45, 7) is 0.378. The van der Waals surface area contributed by atoms with E-state index in [1.54, 1.807) is 7.11 Å². The van der Waals surface area contributed by atoms with E-state index in [0.29, 0.717) is 21.9 Å². The number of carbonyl (C=O) groups excluding carboxylic acids is 1. The van der Waals surface area contributed by atoms with Crippen molar-refractivity contribution >= 4 is 33.1 Å². The van der Waals surface area contributed by atoms with E-state index >= 15 is 0 Å². The molecule has 3 N–H and O–H groups in total. The van der Waals surface area contributed by atoms with Gasteiger partial charge in [0, 0.05) is 23.1 Å². The van der Waals surface area contributed by atoms with Gasteiger partial charge in [-0.15, -0.1) is 21.5 Å². The van der Waals surface area contributed by atoms with Crippen molar-refractivity contribution in [1.82, 2.24) is 15.5 Å². The molecule has 0 unspecified atom stereocenters. The number of nitrogens with zero attached hydrogens (tertiary/aromatic N) is 2. The summed E-state index contributed by atoms with van der Waals surface area (Å²) < 4.78 is 5.19. The molecule has 0 fully saturated rings. The Morgan fingerprint density at radius 2 is 1.56 bits per heavy atom. The normalized spacial score (nSPS) is 10.9. The maximum Gasteiger partial charge on any atom is 0.263 e. The van der Waals surface area contributed by atoms with E-state index in [-0.39, 0.29) is 5.91 Å². The molecule has 5 rings (SSSR count). The highest BCUT2D eigenvalue weighted by Crippen LogP contribution is 2.42. The van der Waals surface area contributed by atoms with Crippen molar-refractivity contribution in [1.29, 1.82) is 0 Å². The number of nitrogens with one attached hydrogen (secondary N) is 1. The molecule has 168 valence electrons. The van der Waals surface area contributed by atoms with E-state index in [1.165, 1.54) is 11.3 Å². The molecule has 2 aromatic heterocycles. The SMILES string of the molecule is COc1ccc(CNC(=O)c2sc3nnc(-c4ccccc4)c(-c4ccccc4)c3c2N)cc1. The molecule has 0 aliphatic heterocycles. The second-order valence-electron chi connectivity index (χ2n) is 7.71. The maximum atomic E-state index is 13.1. The molecule has 6 nitrogen and oxygen atoms in total. The van der Waals surface area contributed by atoms with Gasteiger partial charge in [-0.2, -0.15) is 0 Å². The van der Waals surface area contributed by atoms with Gasteiger partial charge in [-0.25, -0.2) is 0 Å². The van der Waals surface area contributed by atoms with E-state index in [2.05, 4.69) is 15.5 Å². The third-order valence-corrected chi connectivity index (χ3v) is 6.67. The van der Waals surface area contributed by atoms with Crippen LogP contribution in [0.25, 0.3) is 32.6 Å². The Kier molecular flexibility index (Phi) is 5.93. The van der Waals surface area contributed by atoms with Crippen molar-refractivity contribution in [2.24, 2.45) is 0 Å². The van der Waals surface area contributed by atoms with E-state index < -0.39 is 0 Å². The van der Waals surface area contributed by atoms with Crippen LogP contribution in [-0.2, 0) is 6.54 Å². The molecule has 0 bridgehead atoms. The Morgan fingerprint density at radius 1 is 0.912 bits per heavy atom. The van der Waals surface area contributed by atoms with Crippen molar-refractivity contribution in [3.8, 4) is 28.1 Å². The Bertz CT molecular complexity index is 1450. The van der Waals surface area contributed by atoms with Crippen LogP contribution in [0.4, 0.5) is 5.69 Å². The van der Waals surface area contributed by atoms with Crippen LogP contribution in [0.2, 0.25) is 0 Å². The molecule has 2 heterocycles. The number of nitrogens with two attached hydrogens (primary N) is 1. The number of benzene rings is 3. The average molecular weight is 467 g/mol. The summed E-state index contributed by atoms with van der Waals surface area (Å²) in [5.41, 5.74) is 11.5. The number of hydrogen-bond donors (Lipinski definition) is 2. The number of ether oxygens (including phenoxy) is 1. The average Bonchev–Trinajstić information content (AvgIpc) is 3.24. The van der Waals surface area contributed by atoms with Gasteiger partial charge < -0.3 is 15.8 Å². The molecule has 3 aromatic carbocycles. The zero-order valence-corrected chi connectivity index (χ0v) is 19.3. The highest BCUT2D eigenvalue weighted by molar-refractivity contribution is 7.21. The molecule has 1 amide bonds. The van der Waals surface area contributed by atoms with Crippen LogP contribution < -0.4 is 15.8 Å². The van der Waals surface area contributed by atoms with Crippen molar-refractivity contribution in [2.45, 2.75) is 6.54 Å². The topological polar surface area (TPSA) is 90.1 Å². The molecule has 0 spiro atoms. The molecule has 7 heteroatoms. The van der Waals surface area contributed by atoms with Crippen LogP contribution in [0.15, 0.2) is 84.9 Å². The first-order valence-electron chi connectivity index (χ1n) is 10.8. The van der Waals surface area contributed by atoms with Crippen LogP contribution in [-0.4, -0.2) is 23.2 Å². The number of anilines is 1. The highest BCUT2D eigenvalue weighted by Gasteiger charge is 2.23. The third kappa shape index (κ3) is 4.09. The van der Waals surface area contributed by atoms with Gasteiger partial charge in [-0.05, 0) is 23.3 Å². The predicted molar refractivity (Wildman–Crippen MR) is 137 cm³/mol. The summed E-state index contributed by atoms with van der Waals surface area (Å²) in [5, 5.41) is 12.7. The Hall–Kier alpha value is -4.23. The summed E-state index contributed by atoms with van der Waals surface area (Å²) in [4.78, 5) is 14.1. The zero-order valence-electron chi connectivity index (χ0n) is 18.5. The lowest BCUT2D eigenvalue weighted by Gasteiger charge is -2.11. The van der Waals surface area contributed by atoms with Crippen LogP contribution in [0, 0.1) is 0 Å². The number of nitrogen functional groups attached to an aromatic ring is 1. The minimum atomic E-state index is -0.239. The molecule has 5 aromatic rings. The van der Waals surface area contributed by atoms with E-state index in [9.17, 15) is 4.79 Å². The first kappa shape index (κ1) is 21.6. The summed E-state index contributed by atoms with van der Waals surface area (Å²) in [6, 6.07) is 27.4. The quantitative estimate of drug-likeness (QED) is 0.343. The van der Waals surface area contributed by atoms with Crippen LogP contribution in [0.5, 0.6) is 5.75 Å². The van der Waals surface area contributed by atoms with E-state index in [4.69, 9.17) is 10.5 Å². The fraction of sp³-hybridized carbons (Fsp3) is 0.0741. The first-order valence-corrected chi connectivity index (χ1v) is 11.6. The molecular formula is C27H22N4O2S. The number of thiophene rings is 1. The lowest BCUT2D eigenvalue weighted by molar-refractivity contribution is 0.0956. The minimum Gasteiger partial charge on any atom is -0.497 e. The van der Waals surface area contributed by atoms with E-state index in [1.807, 2.05) is 84.9 Å². The standard InChI is InChI=1S/C27H22N4O2S/c1-33-20-14-12-17(13-15-20)16-29-26(32)25-23(28)22-21(18-8-4-2-5-9-18)24(30-31-27(22)34-25)19-10-6-3-7-11-19/h2-15H,16,28H2,1H3,(H,29,32). The number of carbonyl (C=O) groups is 1. The van der Waals surface area contributed by atoms with Crippen LogP contribution in [0.1, 0.15) is 15.2 Å². The number of aromatic nitrogens is 2. The number of fused-ring (bicyclic) bond motifs is 1. The van der Waals surface area contributed by atoms with Gasteiger partial charge >= 0.3 is 0 Å². The van der Waals surface area contributed by atoms with Gasteiger partial charge in [0.25, 0.3) is 5.91 Å². The summed E-state index contributed by atoms with van der Waals surface area (Å²) in [6.07, 6.45) is 0. The minimum absolute atomic E-state index is 0.239. The van der Waals surface area contributed by atoms with E-state index in [0.717, 1.165) is 39.1 Å². The molecular weight excluding hydrogens is 444 g/mol. The van der Waals surface area contributed by atoms with Crippen molar-refractivity contribution in [2.75, 3.05) is 12.8 Å². The van der Waals surface area contributed by atoms with Gasteiger partial charge in [0.15, 0.2) is 0 Å². The van der Waals surface area contributed by atoms with Crippen molar-refractivity contribution in [3.05, 3.63) is 95.4 Å². The molecule has 0 radical (unpaired) electrons. The van der Waals surface area contributed by atoms with Crippen LogP contribution >= 0.6 is 11.3 Å². The molecule has 0 aliphatic carbocycles. The lowest BCUT2D eigenvalue weighted by atomic mass is 9.96. The second-order valence-corrected chi connectivity index (χ2v) is 8.71. The number of methoxy groups -OCH3 is 1. The third-order valence-electron chi connectivity index (χ3n) is 5.58. The monoisotopic (exact) mass is 466 g/mol. The smallest absolute Gasteiger partial charge is 0.263 e. The number of amides is 1. The fourth-order valence-corrected chi connectivity index (χ4v) is 4.83. The van der Waals surface area contributed by atoms with Gasteiger partial charge in [-0.1, -0.05) is 72.8 Å². The molecule has 34 heavy (non-hydrogen) atoms. The van der Waals surface area contributed by atoms with Gasteiger partial charge in [-0.3, -0.25) is 4.79 Å². The van der Waals surface area contributed by atoms with Crippen molar-refractivity contribution in [3.63, 3.8) is 0 Å². The number of rotatable bonds is 6. The second kappa shape index (κ2) is 9.33. The largest absolute Gasteiger partial charge is 0.497 e. The molecule has 0 atom stereocenters. The Morgan fingerprint density at radius 3 is 2.21 bits per heavy atom. The Balaban J connectivity index is 1.56. The predicted octanol–water partition coefficient (Wildman–Crippen LogP) is 5.55. The van der Waals surface area contributed by atoms with Gasteiger partial charge in [0.1, 0.15) is 21.2 Å². The summed E-state index contributed by atoms with van der Waals surface area (Å²) >= 11 is 1.26. The fourth-order valence-electron chi connectivity index (χ4n) is 3.87. The Labute approximate surface area is 201 Å². The van der Waals surface area contributed by atoms with Crippen LogP contribution in [0.3, 0.4) is 0 Å². The van der Waals surface area contributed by atoms with Crippen molar-refractivity contribution < 1.29 is 9.53 Å². The molecule has 0 saturated heterocycles. The van der Waals surface area contributed by atoms with Gasteiger partial charge in [0.05, 0.1) is 12.8 Å². The maximum absolute atomic E-state index is 13.1. The van der Waals surface area contributed by atoms with Gasteiger partial charge in [0.2, 0.25) is 0 Å². The summed E-state index contributed by atoms with van der Waals surface area (Å²) in [7, 11) is 1.62. The summed E-state index contributed by atoms with van der Waals surface area (Å²) in [5.74, 6) is 0.529. The number of hydrogen-bond acceptors (Lipinski definition) is 6. The lowest BCUT2D eigenvalue weighted by Crippen LogP contribution is -2.22. The zero-order chi connectivity index (χ0) is 23.5. The molecule has 0 saturated carbocycles. The highest BCUT2D eigenvalue weighted by atomic mass is 32.1. The first-order chi connectivity index (χ1) is 16.7. The molecule has 0 aliphatic rings.